The minimum Gasteiger partial charge on any atom is -0.364 e. The Labute approximate surface area is 91.9 Å². The highest BCUT2D eigenvalue weighted by Crippen LogP contribution is 2.09. The van der Waals surface area contributed by atoms with Gasteiger partial charge >= 0.3 is 0 Å². The minimum absolute atomic E-state index is 0.669. The zero-order valence-electron chi connectivity index (χ0n) is 9.50. The second-order valence-electron chi connectivity index (χ2n) is 4.31. The van der Waals surface area contributed by atoms with Crippen molar-refractivity contribution in [2.75, 3.05) is 19.6 Å². The average molecular weight is 207 g/mol. The molecule has 2 rings (SSSR count). The number of likely N-dealkylation sites (N-methyl/N-ethyl adjacent to an activating group) is 1. The van der Waals surface area contributed by atoms with E-state index in [1.165, 1.54) is 38.2 Å². The Morgan fingerprint density at radius 3 is 3.27 bits per heavy atom. The van der Waals surface area contributed by atoms with Crippen molar-refractivity contribution in [1.29, 1.82) is 0 Å². The van der Waals surface area contributed by atoms with E-state index in [0.29, 0.717) is 6.04 Å². The fraction of sp³-hybridized carbons (Fsp3) is 0.667. The highest BCUT2D eigenvalue weighted by molar-refractivity contribution is 5.03. The Morgan fingerprint density at radius 2 is 2.53 bits per heavy atom. The first kappa shape index (κ1) is 10.7. The first-order valence-electron chi connectivity index (χ1n) is 5.96. The molecule has 1 atom stereocenters. The number of piperidine rings is 1. The largest absolute Gasteiger partial charge is 0.364 e. The molecule has 84 valence electrons. The van der Waals surface area contributed by atoms with E-state index in [9.17, 15) is 0 Å². The van der Waals surface area contributed by atoms with Crippen molar-refractivity contribution >= 4 is 0 Å². The number of rotatable bonds is 4. The van der Waals surface area contributed by atoms with Crippen LogP contribution in [0.3, 0.4) is 0 Å². The number of hydrogen-bond donors (Lipinski definition) is 2. The van der Waals surface area contributed by atoms with Crippen LogP contribution in [0.2, 0.25) is 0 Å². The van der Waals surface area contributed by atoms with Gasteiger partial charge in [-0.1, -0.05) is 6.92 Å². The van der Waals surface area contributed by atoms with Gasteiger partial charge in [0.2, 0.25) is 0 Å². The van der Waals surface area contributed by atoms with E-state index in [0.717, 1.165) is 6.54 Å². The summed E-state index contributed by atoms with van der Waals surface area (Å²) in [4.78, 5) is 5.75. The summed E-state index contributed by atoms with van der Waals surface area (Å²) in [5, 5.41) is 3.62. The molecule has 0 amide bonds. The van der Waals surface area contributed by atoms with Crippen LogP contribution >= 0.6 is 0 Å². The summed E-state index contributed by atoms with van der Waals surface area (Å²) in [6, 6.07) is 4.85. The topological polar surface area (TPSA) is 31.1 Å². The summed E-state index contributed by atoms with van der Waals surface area (Å²) in [5.41, 5.74) is 1.28. The maximum absolute atomic E-state index is 3.62. The van der Waals surface area contributed by atoms with Gasteiger partial charge in [0.05, 0.1) is 0 Å². The van der Waals surface area contributed by atoms with Gasteiger partial charge < -0.3 is 15.2 Å². The van der Waals surface area contributed by atoms with Crippen LogP contribution in [0.4, 0.5) is 0 Å². The molecule has 1 aromatic heterocycles. The lowest BCUT2D eigenvalue weighted by Crippen LogP contribution is -2.45. The Kier molecular flexibility index (Phi) is 3.80. The second kappa shape index (κ2) is 5.33. The average Bonchev–Trinajstić information content (AvgIpc) is 2.79. The van der Waals surface area contributed by atoms with E-state index in [4.69, 9.17) is 0 Å². The molecule has 1 saturated heterocycles. The molecule has 1 fully saturated rings. The third-order valence-electron chi connectivity index (χ3n) is 3.20. The molecule has 1 unspecified atom stereocenters. The predicted molar refractivity (Wildman–Crippen MR) is 62.8 cm³/mol. The van der Waals surface area contributed by atoms with Crippen LogP contribution in [0.25, 0.3) is 0 Å². The van der Waals surface area contributed by atoms with E-state index in [2.05, 4.69) is 34.3 Å². The third kappa shape index (κ3) is 3.08. The molecule has 0 radical (unpaired) electrons. The molecular weight excluding hydrogens is 186 g/mol. The normalized spacial score (nSPS) is 23.1. The quantitative estimate of drug-likeness (QED) is 0.785. The number of hydrogen-bond acceptors (Lipinski definition) is 2. The van der Waals surface area contributed by atoms with E-state index in [1.807, 2.05) is 6.20 Å². The van der Waals surface area contributed by atoms with Gasteiger partial charge in [0.25, 0.3) is 0 Å². The van der Waals surface area contributed by atoms with Crippen molar-refractivity contribution < 1.29 is 0 Å². The fourth-order valence-corrected chi connectivity index (χ4v) is 2.24. The van der Waals surface area contributed by atoms with E-state index < -0.39 is 0 Å². The first-order valence-corrected chi connectivity index (χ1v) is 5.96. The maximum atomic E-state index is 3.62. The van der Waals surface area contributed by atoms with Gasteiger partial charge in [0.1, 0.15) is 0 Å². The summed E-state index contributed by atoms with van der Waals surface area (Å²) in [5.74, 6) is 0. The zero-order chi connectivity index (χ0) is 10.5. The van der Waals surface area contributed by atoms with E-state index in [1.54, 1.807) is 0 Å². The molecule has 0 aliphatic carbocycles. The Morgan fingerprint density at radius 1 is 1.60 bits per heavy atom. The molecule has 1 aliphatic heterocycles. The van der Waals surface area contributed by atoms with Crippen LogP contribution < -0.4 is 5.32 Å². The molecule has 0 spiro atoms. The number of likely N-dealkylation sites (tertiary alicyclic amines) is 1. The standard InChI is InChI=1S/C12H21N3/c1-2-15-8-4-6-12(10-15)14-9-11-5-3-7-13-11/h3,5,7,12-14H,2,4,6,8-10H2,1H3. The molecule has 15 heavy (non-hydrogen) atoms. The third-order valence-corrected chi connectivity index (χ3v) is 3.20. The van der Waals surface area contributed by atoms with Crippen molar-refractivity contribution in [2.45, 2.75) is 32.4 Å². The van der Waals surface area contributed by atoms with Gasteiger partial charge in [-0.05, 0) is 38.1 Å². The molecule has 3 heteroatoms. The monoisotopic (exact) mass is 207 g/mol. The SMILES string of the molecule is CCN1CCCC(NCc2ccc[nH]2)C1. The molecular formula is C12H21N3. The molecule has 0 aromatic carbocycles. The smallest absolute Gasteiger partial charge is 0.0360 e. The molecule has 0 saturated carbocycles. The van der Waals surface area contributed by atoms with Gasteiger partial charge in [-0.3, -0.25) is 0 Å². The first-order chi connectivity index (χ1) is 7.38. The summed E-state index contributed by atoms with van der Waals surface area (Å²) in [6.07, 6.45) is 4.63. The van der Waals surface area contributed by atoms with Crippen molar-refractivity contribution in [3.8, 4) is 0 Å². The van der Waals surface area contributed by atoms with E-state index in [-0.39, 0.29) is 0 Å². The lowest BCUT2D eigenvalue weighted by atomic mass is 10.1. The lowest BCUT2D eigenvalue weighted by molar-refractivity contribution is 0.198. The fourth-order valence-electron chi connectivity index (χ4n) is 2.24. The number of aromatic amines is 1. The summed E-state index contributed by atoms with van der Waals surface area (Å²) < 4.78 is 0. The molecule has 2 N–H and O–H groups in total. The number of nitrogens with zero attached hydrogens (tertiary/aromatic N) is 1. The molecule has 0 bridgehead atoms. The molecule has 1 aromatic rings. The van der Waals surface area contributed by atoms with Crippen molar-refractivity contribution in [3.63, 3.8) is 0 Å². The minimum atomic E-state index is 0.669. The van der Waals surface area contributed by atoms with Crippen LogP contribution in [0.15, 0.2) is 18.3 Å². The Balaban J connectivity index is 1.74. The second-order valence-corrected chi connectivity index (χ2v) is 4.31. The summed E-state index contributed by atoms with van der Waals surface area (Å²) in [6.45, 7) is 6.87. The van der Waals surface area contributed by atoms with Crippen molar-refractivity contribution in [3.05, 3.63) is 24.0 Å². The van der Waals surface area contributed by atoms with Gasteiger partial charge in [-0.25, -0.2) is 0 Å². The number of H-pyrrole nitrogens is 1. The van der Waals surface area contributed by atoms with Gasteiger partial charge in [-0.15, -0.1) is 0 Å². The van der Waals surface area contributed by atoms with Crippen LogP contribution in [-0.4, -0.2) is 35.6 Å². The lowest BCUT2D eigenvalue weighted by Gasteiger charge is -2.32. The predicted octanol–water partition coefficient (Wildman–Crippen LogP) is 1.59. The van der Waals surface area contributed by atoms with Crippen LogP contribution in [-0.2, 0) is 6.54 Å². The Hall–Kier alpha value is -0.800. The van der Waals surface area contributed by atoms with Crippen LogP contribution in [0, 0.1) is 0 Å². The number of aromatic nitrogens is 1. The molecule has 2 heterocycles. The Bertz CT molecular complexity index is 268. The summed E-state index contributed by atoms with van der Waals surface area (Å²) in [7, 11) is 0. The van der Waals surface area contributed by atoms with Crippen LogP contribution in [0.1, 0.15) is 25.5 Å². The highest BCUT2D eigenvalue weighted by Gasteiger charge is 2.17. The van der Waals surface area contributed by atoms with Crippen LogP contribution in [0.5, 0.6) is 0 Å². The van der Waals surface area contributed by atoms with Crippen molar-refractivity contribution in [1.82, 2.24) is 15.2 Å². The molecule has 3 nitrogen and oxygen atoms in total. The van der Waals surface area contributed by atoms with Gasteiger partial charge in [0.15, 0.2) is 0 Å². The zero-order valence-corrected chi connectivity index (χ0v) is 9.50. The van der Waals surface area contributed by atoms with E-state index >= 15 is 0 Å². The van der Waals surface area contributed by atoms with Gasteiger partial charge in [0, 0.05) is 31.0 Å². The highest BCUT2D eigenvalue weighted by atomic mass is 15.2. The summed E-state index contributed by atoms with van der Waals surface area (Å²) >= 11 is 0. The van der Waals surface area contributed by atoms with Gasteiger partial charge in [-0.2, -0.15) is 0 Å². The number of nitrogens with one attached hydrogen (secondary N) is 2. The molecule has 1 aliphatic rings. The van der Waals surface area contributed by atoms with Crippen molar-refractivity contribution in [2.24, 2.45) is 0 Å². The maximum Gasteiger partial charge on any atom is 0.0360 e.